The summed E-state index contributed by atoms with van der Waals surface area (Å²) >= 11 is 4.81. The monoisotopic (exact) mass is 273 g/mol. The average molecular weight is 273 g/mol. The number of aromatic nitrogens is 3. The quantitative estimate of drug-likeness (QED) is 0.847. The minimum atomic E-state index is -4.40. The van der Waals surface area contributed by atoms with Crippen LogP contribution in [-0.2, 0) is 12.7 Å². The van der Waals surface area contributed by atoms with E-state index in [0.717, 1.165) is 12.1 Å². The van der Waals surface area contributed by atoms with E-state index in [9.17, 15) is 13.2 Å². The third-order valence-corrected chi connectivity index (χ3v) is 2.66. The van der Waals surface area contributed by atoms with Crippen molar-refractivity contribution in [3.05, 3.63) is 34.7 Å². The van der Waals surface area contributed by atoms with Gasteiger partial charge in [-0.25, -0.2) is 0 Å². The second-order valence-electron chi connectivity index (χ2n) is 3.73. The highest BCUT2D eigenvalue weighted by Gasteiger charge is 2.31. The lowest BCUT2D eigenvalue weighted by Gasteiger charge is -2.08. The number of alkyl halides is 3. The van der Waals surface area contributed by atoms with Crippen LogP contribution in [0.25, 0.3) is 11.3 Å². The first-order chi connectivity index (χ1) is 8.40. The van der Waals surface area contributed by atoms with Gasteiger partial charge in [0.25, 0.3) is 0 Å². The second kappa shape index (κ2) is 4.56. The zero-order valence-corrected chi connectivity index (χ0v) is 10.3. The normalized spacial score (nSPS) is 11.8. The van der Waals surface area contributed by atoms with Crippen LogP contribution < -0.4 is 0 Å². The molecule has 18 heavy (non-hydrogen) atoms. The molecule has 0 radical (unpaired) electrons. The molecular weight excluding hydrogens is 263 g/mol. The van der Waals surface area contributed by atoms with Crippen molar-refractivity contribution in [1.82, 2.24) is 14.8 Å². The van der Waals surface area contributed by atoms with Crippen LogP contribution in [0.5, 0.6) is 0 Å². The summed E-state index contributed by atoms with van der Waals surface area (Å²) < 4.78 is 39.6. The van der Waals surface area contributed by atoms with E-state index < -0.39 is 11.7 Å². The van der Waals surface area contributed by atoms with Crippen molar-refractivity contribution in [3.63, 3.8) is 0 Å². The molecule has 7 heteroatoms. The van der Waals surface area contributed by atoms with E-state index in [2.05, 4.69) is 10.1 Å². The van der Waals surface area contributed by atoms with E-state index >= 15 is 0 Å². The molecule has 0 aliphatic rings. The lowest BCUT2D eigenvalue weighted by Crippen LogP contribution is -2.05. The summed E-state index contributed by atoms with van der Waals surface area (Å²) in [4.78, 5) is 2.73. The van der Waals surface area contributed by atoms with Crippen LogP contribution in [0.2, 0.25) is 0 Å². The standard InChI is InChI=1S/C11H10F3N3S/c1-2-17-6-7(5-15-17)9-3-8(11(12,13)14)4-10(18)16-9/h3-6H,2H2,1H3,(H,16,18). The summed E-state index contributed by atoms with van der Waals surface area (Å²) in [6, 6.07) is 1.94. The predicted molar refractivity (Wildman–Crippen MR) is 63.5 cm³/mol. The van der Waals surface area contributed by atoms with Gasteiger partial charge in [-0.3, -0.25) is 4.68 Å². The maximum absolute atomic E-state index is 12.7. The van der Waals surface area contributed by atoms with Crippen LogP contribution in [0.1, 0.15) is 12.5 Å². The Morgan fingerprint density at radius 3 is 2.67 bits per heavy atom. The van der Waals surface area contributed by atoms with Gasteiger partial charge in [-0.2, -0.15) is 18.3 Å². The number of halogens is 3. The molecule has 0 bridgehead atoms. The van der Waals surface area contributed by atoms with Gasteiger partial charge in [-0.1, -0.05) is 12.2 Å². The van der Waals surface area contributed by atoms with E-state index in [4.69, 9.17) is 12.2 Å². The summed E-state index contributed by atoms with van der Waals surface area (Å²) in [5, 5.41) is 4.01. The van der Waals surface area contributed by atoms with Crippen molar-refractivity contribution >= 4 is 12.2 Å². The maximum atomic E-state index is 12.7. The molecule has 2 aromatic rings. The van der Waals surface area contributed by atoms with Crippen molar-refractivity contribution in [2.24, 2.45) is 0 Å². The molecule has 0 saturated heterocycles. The number of hydrogen-bond acceptors (Lipinski definition) is 2. The number of nitrogens with one attached hydrogen (secondary N) is 1. The molecule has 0 aromatic carbocycles. The summed E-state index contributed by atoms with van der Waals surface area (Å²) in [5.41, 5.74) is 0.133. The van der Waals surface area contributed by atoms with Gasteiger partial charge >= 0.3 is 6.18 Å². The average Bonchev–Trinajstić information content (AvgIpc) is 2.75. The molecule has 0 aliphatic carbocycles. The van der Waals surface area contributed by atoms with E-state index in [0.29, 0.717) is 17.8 Å². The lowest BCUT2D eigenvalue weighted by atomic mass is 10.1. The van der Waals surface area contributed by atoms with Crippen molar-refractivity contribution in [1.29, 1.82) is 0 Å². The molecule has 0 aliphatic heterocycles. The van der Waals surface area contributed by atoms with Gasteiger partial charge in [-0.05, 0) is 19.1 Å². The SMILES string of the molecule is CCn1cc(-c2cc(C(F)(F)F)cc(=S)[nH]2)cn1. The van der Waals surface area contributed by atoms with Gasteiger partial charge in [-0.15, -0.1) is 0 Å². The summed E-state index contributed by atoms with van der Waals surface area (Å²) in [7, 11) is 0. The molecule has 0 spiro atoms. The highest BCUT2D eigenvalue weighted by atomic mass is 32.1. The number of rotatable bonds is 2. The summed E-state index contributed by atoms with van der Waals surface area (Å²) in [5.74, 6) is 0. The molecule has 2 aromatic heterocycles. The fraction of sp³-hybridized carbons (Fsp3) is 0.273. The summed E-state index contributed by atoms with van der Waals surface area (Å²) in [6.45, 7) is 2.55. The van der Waals surface area contributed by atoms with Crippen LogP contribution in [0.4, 0.5) is 13.2 Å². The Kier molecular flexibility index (Phi) is 3.25. The summed E-state index contributed by atoms with van der Waals surface area (Å²) in [6.07, 6.45) is -1.23. The number of hydrogen-bond donors (Lipinski definition) is 1. The number of aromatic amines is 1. The first-order valence-corrected chi connectivity index (χ1v) is 5.65. The Labute approximate surface area is 106 Å². The minimum absolute atomic E-state index is 0.0454. The molecule has 0 amide bonds. The highest BCUT2D eigenvalue weighted by Crippen LogP contribution is 2.31. The largest absolute Gasteiger partial charge is 0.416 e. The van der Waals surface area contributed by atoms with Crippen molar-refractivity contribution in [2.45, 2.75) is 19.6 Å². The predicted octanol–water partition coefficient (Wildman–Crippen LogP) is 3.65. The fourth-order valence-electron chi connectivity index (χ4n) is 1.54. The number of pyridine rings is 1. The smallest absolute Gasteiger partial charge is 0.346 e. The van der Waals surface area contributed by atoms with Crippen molar-refractivity contribution < 1.29 is 13.2 Å². The highest BCUT2D eigenvalue weighted by molar-refractivity contribution is 7.71. The number of nitrogens with zero attached hydrogens (tertiary/aromatic N) is 2. The molecule has 2 rings (SSSR count). The van der Waals surface area contributed by atoms with Gasteiger partial charge < -0.3 is 4.98 Å². The van der Waals surface area contributed by atoms with Crippen molar-refractivity contribution in [3.8, 4) is 11.3 Å². The van der Waals surface area contributed by atoms with Crippen LogP contribution in [0.15, 0.2) is 24.5 Å². The van der Waals surface area contributed by atoms with Crippen LogP contribution in [0, 0.1) is 4.64 Å². The molecule has 96 valence electrons. The molecule has 0 fully saturated rings. The molecule has 0 atom stereocenters. The van der Waals surface area contributed by atoms with Gasteiger partial charge in [0, 0.05) is 18.3 Å². The van der Waals surface area contributed by atoms with E-state index in [-0.39, 0.29) is 4.64 Å². The second-order valence-corrected chi connectivity index (χ2v) is 4.17. The van der Waals surface area contributed by atoms with Gasteiger partial charge in [0.15, 0.2) is 0 Å². The third kappa shape index (κ3) is 2.61. The zero-order chi connectivity index (χ0) is 13.3. The van der Waals surface area contributed by atoms with E-state index in [1.165, 1.54) is 6.20 Å². The lowest BCUT2D eigenvalue weighted by molar-refractivity contribution is -0.137. The molecular formula is C11H10F3N3S. The minimum Gasteiger partial charge on any atom is -0.346 e. The fourth-order valence-corrected chi connectivity index (χ4v) is 1.77. The Balaban J connectivity index is 2.51. The maximum Gasteiger partial charge on any atom is 0.416 e. The van der Waals surface area contributed by atoms with Crippen LogP contribution in [-0.4, -0.2) is 14.8 Å². The Bertz CT molecular complexity index is 612. The van der Waals surface area contributed by atoms with Crippen LogP contribution in [0.3, 0.4) is 0 Å². The third-order valence-electron chi connectivity index (χ3n) is 2.44. The topological polar surface area (TPSA) is 33.6 Å². The molecule has 2 heterocycles. The Morgan fingerprint density at radius 1 is 1.39 bits per heavy atom. The van der Waals surface area contributed by atoms with Crippen LogP contribution >= 0.6 is 12.2 Å². The Morgan fingerprint density at radius 2 is 2.11 bits per heavy atom. The first-order valence-electron chi connectivity index (χ1n) is 5.24. The van der Waals surface area contributed by atoms with Gasteiger partial charge in [0.1, 0.15) is 4.64 Å². The number of H-pyrrole nitrogens is 1. The van der Waals surface area contributed by atoms with Crippen molar-refractivity contribution in [2.75, 3.05) is 0 Å². The van der Waals surface area contributed by atoms with Gasteiger partial charge in [0.2, 0.25) is 0 Å². The van der Waals surface area contributed by atoms with Gasteiger partial charge in [0.05, 0.1) is 17.5 Å². The van der Waals surface area contributed by atoms with E-state index in [1.54, 1.807) is 10.9 Å². The Hall–Kier alpha value is -1.63. The molecule has 3 nitrogen and oxygen atoms in total. The van der Waals surface area contributed by atoms with E-state index in [1.807, 2.05) is 6.92 Å². The first kappa shape index (κ1) is 12.8. The zero-order valence-electron chi connectivity index (χ0n) is 9.45. The molecule has 0 saturated carbocycles. The molecule has 1 N–H and O–H groups in total. The number of aryl methyl sites for hydroxylation is 1. The molecule has 0 unspecified atom stereocenters.